The van der Waals surface area contributed by atoms with Crippen molar-refractivity contribution >= 4 is 28.8 Å². The van der Waals surface area contributed by atoms with E-state index < -0.39 is 6.09 Å². The molecule has 1 aromatic carbocycles. The molecule has 1 atom stereocenters. The number of hydrogen-bond donors (Lipinski definition) is 2. The Labute approximate surface area is 122 Å². The highest BCUT2D eigenvalue weighted by Crippen LogP contribution is 2.27. The quantitative estimate of drug-likeness (QED) is 0.877. The summed E-state index contributed by atoms with van der Waals surface area (Å²) in [7, 11) is 1.35. The summed E-state index contributed by atoms with van der Waals surface area (Å²) in [5.74, 6) is 0. The Morgan fingerprint density at radius 1 is 1.30 bits per heavy atom. The summed E-state index contributed by atoms with van der Waals surface area (Å²) in [6.45, 7) is 4.23. The Kier molecular flexibility index (Phi) is 4.63. The number of benzene rings is 1. The van der Waals surface area contributed by atoms with Crippen LogP contribution in [0.5, 0.6) is 0 Å². The Balaban J connectivity index is 2.08. The van der Waals surface area contributed by atoms with Gasteiger partial charge in [0.15, 0.2) is 0 Å². The SMILES string of the molecule is COC(=O)Nc1cccc(NC(C)c2sccc2C)c1. The fourth-order valence-electron chi connectivity index (χ4n) is 2.00. The van der Waals surface area contributed by atoms with Crippen LogP contribution >= 0.6 is 11.3 Å². The molecule has 106 valence electrons. The number of methoxy groups -OCH3 is 1. The summed E-state index contributed by atoms with van der Waals surface area (Å²) in [5.41, 5.74) is 2.95. The Hall–Kier alpha value is -2.01. The van der Waals surface area contributed by atoms with Gasteiger partial charge in [0, 0.05) is 16.3 Å². The molecular formula is C15H18N2O2S. The molecule has 4 nitrogen and oxygen atoms in total. The molecule has 20 heavy (non-hydrogen) atoms. The van der Waals surface area contributed by atoms with Gasteiger partial charge in [-0.05, 0) is 49.1 Å². The number of carbonyl (C=O) groups excluding carboxylic acids is 1. The van der Waals surface area contributed by atoms with Crippen LogP contribution in [0, 0.1) is 6.92 Å². The predicted molar refractivity (Wildman–Crippen MR) is 83.6 cm³/mol. The van der Waals surface area contributed by atoms with E-state index in [0.29, 0.717) is 5.69 Å². The molecular weight excluding hydrogens is 272 g/mol. The summed E-state index contributed by atoms with van der Waals surface area (Å²) < 4.78 is 4.58. The summed E-state index contributed by atoms with van der Waals surface area (Å²) >= 11 is 1.74. The molecule has 0 aliphatic carbocycles. The van der Waals surface area contributed by atoms with Gasteiger partial charge < -0.3 is 10.1 Å². The smallest absolute Gasteiger partial charge is 0.411 e. The molecule has 1 unspecified atom stereocenters. The van der Waals surface area contributed by atoms with E-state index in [2.05, 4.69) is 40.7 Å². The fraction of sp³-hybridized carbons (Fsp3) is 0.267. The minimum absolute atomic E-state index is 0.225. The highest BCUT2D eigenvalue weighted by Gasteiger charge is 2.10. The molecule has 1 aromatic heterocycles. The number of carbonyl (C=O) groups is 1. The van der Waals surface area contributed by atoms with Gasteiger partial charge in [0.1, 0.15) is 0 Å². The van der Waals surface area contributed by atoms with Gasteiger partial charge in [-0.2, -0.15) is 0 Å². The van der Waals surface area contributed by atoms with E-state index in [1.807, 2.05) is 24.3 Å². The molecule has 0 saturated carbocycles. The number of rotatable bonds is 4. The average Bonchev–Trinajstić information content (AvgIpc) is 2.85. The van der Waals surface area contributed by atoms with Crippen molar-refractivity contribution in [3.05, 3.63) is 46.2 Å². The monoisotopic (exact) mass is 290 g/mol. The summed E-state index contributed by atoms with van der Waals surface area (Å²) in [6, 6.07) is 9.92. The highest BCUT2D eigenvalue weighted by molar-refractivity contribution is 7.10. The number of ether oxygens (including phenoxy) is 1. The van der Waals surface area contributed by atoms with E-state index in [1.54, 1.807) is 11.3 Å². The van der Waals surface area contributed by atoms with E-state index in [-0.39, 0.29) is 6.04 Å². The topological polar surface area (TPSA) is 50.4 Å². The minimum Gasteiger partial charge on any atom is -0.453 e. The molecule has 0 radical (unpaired) electrons. The molecule has 5 heteroatoms. The number of nitrogens with one attached hydrogen (secondary N) is 2. The molecule has 0 aliphatic rings. The van der Waals surface area contributed by atoms with Crippen LogP contribution < -0.4 is 10.6 Å². The van der Waals surface area contributed by atoms with Crippen LogP contribution in [0.1, 0.15) is 23.4 Å². The predicted octanol–water partition coefficient (Wildman–Crippen LogP) is 4.41. The maximum Gasteiger partial charge on any atom is 0.411 e. The zero-order valence-corrected chi connectivity index (χ0v) is 12.6. The van der Waals surface area contributed by atoms with Gasteiger partial charge in [0.2, 0.25) is 0 Å². The lowest BCUT2D eigenvalue weighted by Gasteiger charge is -2.16. The Morgan fingerprint density at radius 3 is 2.70 bits per heavy atom. The average molecular weight is 290 g/mol. The van der Waals surface area contributed by atoms with Crippen molar-refractivity contribution in [3.8, 4) is 0 Å². The lowest BCUT2D eigenvalue weighted by Crippen LogP contribution is -2.11. The molecule has 0 fully saturated rings. The number of hydrogen-bond acceptors (Lipinski definition) is 4. The van der Waals surface area contributed by atoms with Gasteiger partial charge >= 0.3 is 6.09 Å². The van der Waals surface area contributed by atoms with Crippen LogP contribution in [0.3, 0.4) is 0 Å². The molecule has 1 heterocycles. The Morgan fingerprint density at radius 2 is 2.05 bits per heavy atom. The standard InChI is InChI=1S/C15H18N2O2S/c1-10-7-8-20-14(10)11(2)16-12-5-4-6-13(9-12)17-15(18)19-3/h4-9,11,16H,1-3H3,(H,17,18). The molecule has 0 saturated heterocycles. The third-order valence-corrected chi connectivity index (χ3v) is 4.17. The van der Waals surface area contributed by atoms with Crippen molar-refractivity contribution in [3.63, 3.8) is 0 Å². The fourth-order valence-corrected chi connectivity index (χ4v) is 2.93. The first-order chi connectivity index (χ1) is 9.60. The van der Waals surface area contributed by atoms with Crippen LogP contribution in [0.2, 0.25) is 0 Å². The van der Waals surface area contributed by atoms with E-state index in [9.17, 15) is 4.79 Å². The van der Waals surface area contributed by atoms with Crippen LogP contribution in [-0.2, 0) is 4.74 Å². The second-order valence-corrected chi connectivity index (χ2v) is 5.48. The van der Waals surface area contributed by atoms with Crippen molar-refractivity contribution < 1.29 is 9.53 Å². The van der Waals surface area contributed by atoms with Crippen LogP contribution in [0.4, 0.5) is 16.2 Å². The van der Waals surface area contributed by atoms with Crippen molar-refractivity contribution in [1.29, 1.82) is 0 Å². The second-order valence-electron chi connectivity index (χ2n) is 4.53. The van der Waals surface area contributed by atoms with Gasteiger partial charge in [-0.25, -0.2) is 4.79 Å². The summed E-state index contributed by atoms with van der Waals surface area (Å²) in [4.78, 5) is 12.5. The van der Waals surface area contributed by atoms with Gasteiger partial charge in [0.25, 0.3) is 0 Å². The molecule has 1 amide bonds. The normalized spacial score (nSPS) is 11.8. The maximum atomic E-state index is 11.2. The molecule has 0 spiro atoms. The summed E-state index contributed by atoms with van der Waals surface area (Å²) in [6.07, 6.45) is -0.468. The van der Waals surface area contributed by atoms with Crippen LogP contribution in [-0.4, -0.2) is 13.2 Å². The molecule has 0 aliphatic heterocycles. The van der Waals surface area contributed by atoms with Crippen LogP contribution in [0.25, 0.3) is 0 Å². The third-order valence-electron chi connectivity index (χ3n) is 2.97. The summed E-state index contributed by atoms with van der Waals surface area (Å²) in [5, 5.41) is 8.18. The highest BCUT2D eigenvalue weighted by atomic mass is 32.1. The number of aryl methyl sites for hydroxylation is 1. The van der Waals surface area contributed by atoms with Gasteiger partial charge in [0.05, 0.1) is 13.2 Å². The van der Waals surface area contributed by atoms with Crippen molar-refractivity contribution in [2.75, 3.05) is 17.7 Å². The van der Waals surface area contributed by atoms with E-state index >= 15 is 0 Å². The molecule has 2 aromatic rings. The molecule has 2 rings (SSSR count). The van der Waals surface area contributed by atoms with Gasteiger partial charge in [-0.3, -0.25) is 5.32 Å². The lowest BCUT2D eigenvalue weighted by molar-refractivity contribution is 0.187. The van der Waals surface area contributed by atoms with Crippen molar-refractivity contribution in [2.24, 2.45) is 0 Å². The van der Waals surface area contributed by atoms with Crippen molar-refractivity contribution in [1.82, 2.24) is 0 Å². The first-order valence-electron chi connectivity index (χ1n) is 6.35. The number of thiophene rings is 1. The largest absolute Gasteiger partial charge is 0.453 e. The number of amides is 1. The maximum absolute atomic E-state index is 11.2. The third kappa shape index (κ3) is 3.51. The first-order valence-corrected chi connectivity index (χ1v) is 7.23. The lowest BCUT2D eigenvalue weighted by atomic mass is 10.2. The van der Waals surface area contributed by atoms with E-state index in [4.69, 9.17) is 0 Å². The number of anilines is 2. The molecule has 2 N–H and O–H groups in total. The second kappa shape index (κ2) is 6.43. The van der Waals surface area contributed by atoms with Gasteiger partial charge in [-0.1, -0.05) is 6.07 Å². The van der Waals surface area contributed by atoms with E-state index in [0.717, 1.165) is 5.69 Å². The van der Waals surface area contributed by atoms with E-state index in [1.165, 1.54) is 17.6 Å². The first kappa shape index (κ1) is 14.4. The Bertz CT molecular complexity index is 595. The van der Waals surface area contributed by atoms with Crippen LogP contribution in [0.15, 0.2) is 35.7 Å². The zero-order valence-electron chi connectivity index (χ0n) is 11.8. The molecule has 0 bridgehead atoms. The zero-order chi connectivity index (χ0) is 14.5. The van der Waals surface area contributed by atoms with Crippen molar-refractivity contribution in [2.45, 2.75) is 19.9 Å². The van der Waals surface area contributed by atoms with Gasteiger partial charge in [-0.15, -0.1) is 11.3 Å². The minimum atomic E-state index is -0.468.